The van der Waals surface area contributed by atoms with Crippen LogP contribution in [-0.2, 0) is 11.3 Å². The number of benzene rings is 4. The minimum atomic E-state index is -1.73. The maximum Gasteiger partial charge on any atom is 0.276 e. The van der Waals surface area contributed by atoms with E-state index in [1.54, 1.807) is 18.2 Å². The predicted molar refractivity (Wildman–Crippen MR) is 180 cm³/mol. The fourth-order valence-electron chi connectivity index (χ4n) is 7.48. The van der Waals surface area contributed by atoms with Crippen LogP contribution >= 0.6 is 0 Å². The molecule has 7 aromatic rings. The van der Waals surface area contributed by atoms with E-state index in [9.17, 15) is 40.2 Å². The summed E-state index contributed by atoms with van der Waals surface area (Å²) >= 11 is 0. The Labute approximate surface area is 280 Å². The van der Waals surface area contributed by atoms with Gasteiger partial charge in [0.2, 0.25) is 0 Å². The summed E-state index contributed by atoms with van der Waals surface area (Å²) in [6.45, 7) is -0.634. The van der Waals surface area contributed by atoms with Gasteiger partial charge < -0.3 is 44.9 Å². The number of para-hydroxylation sites is 1. The molecule has 14 nitrogen and oxygen atoms in total. The molecule has 0 spiro atoms. The minimum absolute atomic E-state index is 0.0458. The van der Waals surface area contributed by atoms with Gasteiger partial charge in [-0.2, -0.15) is 0 Å². The molecule has 5 heterocycles. The second kappa shape index (κ2) is 10.9. The van der Waals surface area contributed by atoms with Crippen molar-refractivity contribution in [2.45, 2.75) is 37.2 Å². The number of nitrogens with zero attached hydrogens (tertiary/aromatic N) is 3. The number of fused-ring (bicyclic) bond motifs is 11. The Hall–Kier alpha value is -5.61. The second-order valence-corrected chi connectivity index (χ2v) is 12.6. The summed E-state index contributed by atoms with van der Waals surface area (Å²) in [4.78, 5) is 36.8. The van der Waals surface area contributed by atoms with Crippen molar-refractivity contribution >= 4 is 66.3 Å². The molecule has 5 unspecified atom stereocenters. The van der Waals surface area contributed by atoms with Gasteiger partial charge in [0.25, 0.3) is 11.8 Å². The van der Waals surface area contributed by atoms with Gasteiger partial charge in [0.05, 0.1) is 57.6 Å². The zero-order valence-corrected chi connectivity index (χ0v) is 26.0. The number of H-pyrrole nitrogens is 1. The molecule has 0 radical (unpaired) electrons. The van der Waals surface area contributed by atoms with E-state index in [0.717, 1.165) is 15.9 Å². The van der Waals surface area contributed by atoms with Crippen molar-refractivity contribution in [1.29, 1.82) is 0 Å². The molecule has 1 saturated heterocycles. The van der Waals surface area contributed by atoms with Crippen molar-refractivity contribution in [3.63, 3.8) is 0 Å². The number of phenols is 2. The van der Waals surface area contributed by atoms with Gasteiger partial charge in [-0.15, -0.1) is 0 Å². The number of imide groups is 1. The number of nitrogens with one attached hydrogen (secondary N) is 2. The number of aromatic hydroxyl groups is 2. The third kappa shape index (κ3) is 4.21. The summed E-state index contributed by atoms with van der Waals surface area (Å²) in [5.41, 5.74) is 5.78. The summed E-state index contributed by atoms with van der Waals surface area (Å²) in [6, 6.07) is 20.2. The molecule has 0 bridgehead atoms. The summed E-state index contributed by atoms with van der Waals surface area (Å²) in [6.07, 6.45) is -7.79. The molecule has 5 atom stereocenters. The SMILES string of the molecule is O=C1c2c(c3c4ccc(O)cc4n(C4OC(CO)C(O)C(O)C4O)c3c3[nH]c4cc(O)ccc4c23)C(=O)N1NCc1ccc2ccccc2n1. The van der Waals surface area contributed by atoms with Crippen LogP contribution in [0.15, 0.2) is 72.8 Å². The zero-order valence-electron chi connectivity index (χ0n) is 26.0. The van der Waals surface area contributed by atoms with Gasteiger partial charge in [-0.25, -0.2) is 10.4 Å². The molecular weight excluding hydrogens is 646 g/mol. The van der Waals surface area contributed by atoms with Crippen molar-refractivity contribution in [3.8, 4) is 11.5 Å². The lowest BCUT2D eigenvalue weighted by atomic mass is 9.96. The molecule has 0 saturated carbocycles. The largest absolute Gasteiger partial charge is 0.508 e. The van der Waals surface area contributed by atoms with Gasteiger partial charge in [-0.1, -0.05) is 24.3 Å². The average Bonchev–Trinajstić information content (AvgIpc) is 3.72. The van der Waals surface area contributed by atoms with Gasteiger partial charge >= 0.3 is 0 Å². The molecule has 50 heavy (non-hydrogen) atoms. The van der Waals surface area contributed by atoms with E-state index in [-0.39, 0.29) is 40.2 Å². The number of rotatable bonds is 5. The number of amides is 2. The average molecular weight is 676 g/mol. The van der Waals surface area contributed by atoms with Gasteiger partial charge in [0, 0.05) is 39.1 Å². The highest BCUT2D eigenvalue weighted by atomic mass is 16.6. The fraction of sp³-hybridized carbons (Fsp3) is 0.194. The first-order valence-corrected chi connectivity index (χ1v) is 15.9. The first-order valence-electron chi connectivity index (χ1n) is 15.9. The Bertz CT molecular complexity index is 2580. The number of aliphatic hydroxyl groups is 4. The van der Waals surface area contributed by atoms with Crippen molar-refractivity contribution < 1.29 is 45.0 Å². The van der Waals surface area contributed by atoms with Crippen LogP contribution in [-0.4, -0.2) is 93.0 Å². The Morgan fingerprint density at radius 1 is 0.820 bits per heavy atom. The van der Waals surface area contributed by atoms with Gasteiger partial charge in [0.1, 0.15) is 35.9 Å². The number of phenolic OH excluding ortho intramolecular Hbond substituents is 2. The Balaban J connectivity index is 1.30. The molecule has 2 amide bonds. The minimum Gasteiger partial charge on any atom is -0.508 e. The van der Waals surface area contributed by atoms with E-state index in [1.807, 2.05) is 30.3 Å². The third-order valence-electron chi connectivity index (χ3n) is 9.79. The maximum atomic E-state index is 14.5. The quantitative estimate of drug-likeness (QED) is 0.124. The molecule has 252 valence electrons. The van der Waals surface area contributed by atoms with Crippen LogP contribution in [0.2, 0.25) is 0 Å². The Morgan fingerprint density at radius 3 is 2.32 bits per heavy atom. The van der Waals surface area contributed by atoms with Crippen LogP contribution in [0, 0.1) is 0 Å². The smallest absolute Gasteiger partial charge is 0.276 e. The van der Waals surface area contributed by atoms with E-state index < -0.39 is 49.1 Å². The third-order valence-corrected chi connectivity index (χ3v) is 9.79. The van der Waals surface area contributed by atoms with Crippen LogP contribution in [0.3, 0.4) is 0 Å². The normalized spacial score (nSPS) is 22.6. The number of hydrogen-bond acceptors (Lipinski definition) is 11. The zero-order chi connectivity index (χ0) is 34.6. The monoisotopic (exact) mass is 675 g/mol. The number of carbonyl (C=O) groups is 2. The molecule has 2 aliphatic rings. The number of pyridine rings is 1. The van der Waals surface area contributed by atoms with Crippen LogP contribution in [0.5, 0.6) is 11.5 Å². The van der Waals surface area contributed by atoms with E-state index in [4.69, 9.17) is 4.74 Å². The summed E-state index contributed by atoms with van der Waals surface area (Å²) in [5.74, 6) is -1.50. The summed E-state index contributed by atoms with van der Waals surface area (Å²) in [5, 5.41) is 67.1. The molecular formula is C36H29N5O9. The molecule has 2 aliphatic heterocycles. The predicted octanol–water partition coefficient (Wildman–Crippen LogP) is 2.66. The molecule has 4 aromatic carbocycles. The molecule has 0 aliphatic carbocycles. The Morgan fingerprint density at radius 2 is 1.54 bits per heavy atom. The molecule has 8 N–H and O–H groups in total. The number of carbonyl (C=O) groups excluding carboxylic acids is 2. The fourth-order valence-corrected chi connectivity index (χ4v) is 7.48. The number of aromatic amines is 1. The first-order chi connectivity index (χ1) is 24.2. The molecule has 14 heteroatoms. The van der Waals surface area contributed by atoms with Gasteiger partial charge in [0.15, 0.2) is 6.23 Å². The lowest BCUT2D eigenvalue weighted by Gasteiger charge is -2.41. The summed E-state index contributed by atoms with van der Waals surface area (Å²) in [7, 11) is 0. The number of aliphatic hydroxyl groups excluding tert-OH is 4. The van der Waals surface area contributed by atoms with E-state index >= 15 is 0 Å². The number of ether oxygens (including phenoxy) is 1. The first kappa shape index (κ1) is 30.4. The summed E-state index contributed by atoms with van der Waals surface area (Å²) < 4.78 is 7.50. The lowest BCUT2D eigenvalue weighted by Crippen LogP contribution is -2.56. The van der Waals surface area contributed by atoms with Crippen molar-refractivity contribution in [1.82, 2.24) is 25.0 Å². The van der Waals surface area contributed by atoms with Crippen molar-refractivity contribution in [2.75, 3.05) is 6.61 Å². The highest BCUT2D eigenvalue weighted by Crippen LogP contribution is 2.48. The Kier molecular flexibility index (Phi) is 6.67. The highest BCUT2D eigenvalue weighted by Gasteiger charge is 2.47. The van der Waals surface area contributed by atoms with Crippen LogP contribution in [0.25, 0.3) is 54.5 Å². The second-order valence-electron chi connectivity index (χ2n) is 12.6. The standard InChI is InChI=1S/C36H29N5O9/c42-14-24-31(45)32(46)33(47)36(50-24)40-23-12-18(44)8-10-20(23)26-28-27(25-19-9-7-17(43)11-22(19)39-29(25)30(26)40)34(48)41(35(28)49)37-13-16-6-5-15-3-1-2-4-21(15)38-16/h1-12,24,31-33,36-37,39,42-47H,13-14H2. The molecule has 1 fully saturated rings. The van der Waals surface area contributed by atoms with Gasteiger partial charge in [-0.3, -0.25) is 14.6 Å². The number of aromatic nitrogens is 3. The van der Waals surface area contributed by atoms with Crippen LogP contribution in [0.1, 0.15) is 32.6 Å². The maximum absolute atomic E-state index is 14.5. The van der Waals surface area contributed by atoms with Crippen LogP contribution < -0.4 is 5.43 Å². The topological polar surface area (TPSA) is 214 Å². The highest BCUT2D eigenvalue weighted by molar-refractivity contribution is 6.39. The van der Waals surface area contributed by atoms with Gasteiger partial charge in [-0.05, 0) is 36.4 Å². The van der Waals surface area contributed by atoms with E-state index in [2.05, 4.69) is 15.4 Å². The number of hydrazine groups is 1. The van der Waals surface area contributed by atoms with E-state index in [1.165, 1.54) is 28.8 Å². The molecule has 9 rings (SSSR count). The number of hydrogen-bond donors (Lipinski definition) is 8. The lowest BCUT2D eigenvalue weighted by molar-refractivity contribution is -0.249. The van der Waals surface area contributed by atoms with Crippen molar-refractivity contribution in [2.24, 2.45) is 0 Å². The van der Waals surface area contributed by atoms with E-state index in [0.29, 0.717) is 38.3 Å². The molecule has 3 aromatic heterocycles. The van der Waals surface area contributed by atoms with Crippen LogP contribution in [0.4, 0.5) is 0 Å². The van der Waals surface area contributed by atoms with Crippen molar-refractivity contribution in [3.05, 3.63) is 89.6 Å².